The Hall–Kier alpha value is -0.680. The van der Waals surface area contributed by atoms with Crippen LogP contribution in [0.3, 0.4) is 0 Å². The Morgan fingerprint density at radius 1 is 1.44 bits per heavy atom. The average Bonchev–Trinajstić information content (AvgIpc) is 2.35. The molecule has 0 spiro atoms. The molecule has 3 N–H and O–H groups in total. The zero-order valence-electron chi connectivity index (χ0n) is 10.6. The summed E-state index contributed by atoms with van der Waals surface area (Å²) in [5, 5.41) is 7.51. The van der Waals surface area contributed by atoms with Crippen LogP contribution in [0.25, 0.3) is 0 Å². The van der Waals surface area contributed by atoms with Crippen LogP contribution < -0.4 is 10.5 Å². The maximum atomic E-state index is 11.4. The van der Waals surface area contributed by atoms with Crippen LogP contribution in [0.4, 0.5) is 0 Å². The summed E-state index contributed by atoms with van der Waals surface area (Å²) in [4.78, 5) is 0. The summed E-state index contributed by atoms with van der Waals surface area (Å²) in [6.07, 6.45) is 3.97. The molecular weight excluding hydrogens is 254 g/mol. The molecule has 1 atom stereocenters. The maximum Gasteiger partial charge on any atom is 0.227 e. The van der Waals surface area contributed by atoms with E-state index in [0.29, 0.717) is 6.61 Å². The summed E-state index contributed by atoms with van der Waals surface area (Å²) in [7, 11) is -3.53. The third-order valence-corrected chi connectivity index (χ3v) is 4.77. The first-order valence-corrected chi connectivity index (χ1v) is 7.75. The Bertz CT molecular complexity index is 383. The van der Waals surface area contributed by atoms with Crippen molar-refractivity contribution in [1.29, 1.82) is 5.26 Å². The number of nitriles is 1. The van der Waals surface area contributed by atoms with E-state index in [1.807, 2.05) is 0 Å². The molecular formula is C11H21N3O3S. The lowest BCUT2D eigenvalue weighted by molar-refractivity contribution is 0.0287. The molecule has 0 bridgehead atoms. The molecule has 7 heteroatoms. The van der Waals surface area contributed by atoms with Gasteiger partial charge in [-0.05, 0) is 32.6 Å². The molecule has 1 unspecified atom stereocenters. The number of hydrogen-bond donors (Lipinski definition) is 2. The van der Waals surface area contributed by atoms with Crippen LogP contribution in [0, 0.1) is 11.3 Å². The number of sulfonamides is 1. The Kier molecular flexibility index (Phi) is 6.02. The molecule has 1 aliphatic rings. The molecule has 0 aliphatic heterocycles. The van der Waals surface area contributed by atoms with Crippen molar-refractivity contribution in [2.24, 2.45) is 5.73 Å². The predicted molar refractivity (Wildman–Crippen MR) is 68.2 cm³/mol. The van der Waals surface area contributed by atoms with Crippen LogP contribution in [0.2, 0.25) is 0 Å². The van der Waals surface area contributed by atoms with Gasteiger partial charge in [0.2, 0.25) is 10.0 Å². The van der Waals surface area contributed by atoms with Crippen molar-refractivity contribution in [3.8, 4) is 6.07 Å². The minimum Gasteiger partial charge on any atom is -0.377 e. The molecule has 104 valence electrons. The van der Waals surface area contributed by atoms with Crippen LogP contribution in [-0.2, 0) is 14.8 Å². The van der Waals surface area contributed by atoms with Crippen LogP contribution in [0.5, 0.6) is 0 Å². The third-order valence-electron chi connectivity index (χ3n) is 3.12. The van der Waals surface area contributed by atoms with E-state index < -0.39 is 15.3 Å². The minimum atomic E-state index is -3.53. The van der Waals surface area contributed by atoms with Crippen molar-refractivity contribution < 1.29 is 13.2 Å². The van der Waals surface area contributed by atoms with Gasteiger partial charge in [0.25, 0.3) is 0 Å². The molecule has 6 nitrogen and oxygen atoms in total. The summed E-state index contributed by atoms with van der Waals surface area (Å²) < 4.78 is 30.8. The van der Waals surface area contributed by atoms with Gasteiger partial charge in [0.1, 0.15) is 0 Å². The summed E-state index contributed by atoms with van der Waals surface area (Å²) >= 11 is 0. The molecule has 1 fully saturated rings. The number of rotatable bonds is 6. The second-order valence-electron chi connectivity index (χ2n) is 4.62. The lowest BCUT2D eigenvalue weighted by Crippen LogP contribution is -2.35. The first-order chi connectivity index (χ1) is 8.45. The molecule has 0 aromatic rings. The van der Waals surface area contributed by atoms with E-state index in [4.69, 9.17) is 15.7 Å². The summed E-state index contributed by atoms with van der Waals surface area (Å²) in [5.41, 5.74) is 5.78. The first kappa shape index (κ1) is 15.4. The van der Waals surface area contributed by atoms with Gasteiger partial charge in [0.15, 0.2) is 5.25 Å². The highest BCUT2D eigenvalue weighted by molar-refractivity contribution is 7.90. The maximum absolute atomic E-state index is 11.4. The molecule has 1 saturated carbocycles. The fourth-order valence-electron chi connectivity index (χ4n) is 1.86. The fraction of sp³-hybridized carbons (Fsp3) is 0.909. The zero-order valence-corrected chi connectivity index (χ0v) is 11.4. The van der Waals surface area contributed by atoms with E-state index in [9.17, 15) is 8.42 Å². The fourth-order valence-corrected chi connectivity index (χ4v) is 2.62. The van der Waals surface area contributed by atoms with Crippen LogP contribution >= 0.6 is 0 Å². The highest BCUT2D eigenvalue weighted by Crippen LogP contribution is 2.19. The van der Waals surface area contributed by atoms with Gasteiger partial charge in [-0.1, -0.05) is 0 Å². The average molecular weight is 275 g/mol. The monoisotopic (exact) mass is 275 g/mol. The predicted octanol–water partition coefficient (Wildman–Crippen LogP) is 0.104. The van der Waals surface area contributed by atoms with E-state index in [0.717, 1.165) is 25.7 Å². The molecule has 0 radical (unpaired) electrons. The first-order valence-electron chi connectivity index (χ1n) is 6.21. The van der Waals surface area contributed by atoms with Gasteiger partial charge in [0.05, 0.1) is 18.8 Å². The molecule has 0 saturated heterocycles. The number of nitrogens with zero attached hydrogens (tertiary/aromatic N) is 1. The largest absolute Gasteiger partial charge is 0.377 e. The van der Waals surface area contributed by atoms with Crippen molar-refractivity contribution in [1.82, 2.24) is 4.72 Å². The van der Waals surface area contributed by atoms with E-state index in [-0.39, 0.29) is 18.7 Å². The molecule has 0 amide bonds. The Balaban J connectivity index is 2.18. The Morgan fingerprint density at radius 2 is 2.06 bits per heavy atom. The van der Waals surface area contributed by atoms with E-state index in [1.54, 1.807) is 6.07 Å². The van der Waals surface area contributed by atoms with E-state index in [1.165, 1.54) is 6.92 Å². The number of ether oxygens (including phenoxy) is 1. The van der Waals surface area contributed by atoms with E-state index in [2.05, 4.69) is 4.72 Å². The van der Waals surface area contributed by atoms with Gasteiger partial charge >= 0.3 is 0 Å². The topological polar surface area (TPSA) is 105 Å². The molecule has 18 heavy (non-hydrogen) atoms. The van der Waals surface area contributed by atoms with Crippen LogP contribution in [0.1, 0.15) is 32.6 Å². The van der Waals surface area contributed by atoms with Gasteiger partial charge < -0.3 is 10.5 Å². The molecule has 1 rings (SSSR count). The second kappa shape index (κ2) is 7.04. The summed E-state index contributed by atoms with van der Waals surface area (Å²) in [6, 6.07) is 1.97. The quantitative estimate of drug-likeness (QED) is 0.669. The van der Waals surface area contributed by atoms with Gasteiger partial charge in [-0.15, -0.1) is 0 Å². The van der Waals surface area contributed by atoms with Crippen molar-refractivity contribution in [3.63, 3.8) is 0 Å². The molecule has 0 heterocycles. The lowest BCUT2D eigenvalue weighted by atomic mass is 9.94. The van der Waals surface area contributed by atoms with Crippen molar-refractivity contribution in [2.75, 3.05) is 13.2 Å². The number of nitrogens with two attached hydrogens (primary N) is 1. The standard InChI is InChI=1S/C11H21N3O3S/c1-9(8-12)18(15,16)14-6-7-17-11-4-2-10(13)3-5-11/h9-11,14H,2-7,13H2,1H3. The summed E-state index contributed by atoms with van der Waals surface area (Å²) in [6.45, 7) is 1.89. The van der Waals surface area contributed by atoms with Crippen LogP contribution in [-0.4, -0.2) is 39.0 Å². The zero-order chi connectivity index (χ0) is 13.6. The van der Waals surface area contributed by atoms with Gasteiger partial charge in [0, 0.05) is 12.6 Å². The van der Waals surface area contributed by atoms with E-state index >= 15 is 0 Å². The van der Waals surface area contributed by atoms with Crippen molar-refractivity contribution >= 4 is 10.0 Å². The smallest absolute Gasteiger partial charge is 0.227 e. The molecule has 0 aromatic heterocycles. The Labute approximate surface area is 109 Å². The van der Waals surface area contributed by atoms with Crippen LogP contribution in [0.15, 0.2) is 0 Å². The molecule has 1 aliphatic carbocycles. The van der Waals surface area contributed by atoms with Gasteiger partial charge in [-0.3, -0.25) is 0 Å². The third kappa shape index (κ3) is 4.90. The number of nitrogens with one attached hydrogen (secondary N) is 1. The second-order valence-corrected chi connectivity index (χ2v) is 6.70. The SMILES string of the molecule is CC(C#N)S(=O)(=O)NCCOC1CCC(N)CC1. The molecule has 0 aromatic carbocycles. The minimum absolute atomic E-state index is 0.183. The highest BCUT2D eigenvalue weighted by Gasteiger charge is 2.21. The van der Waals surface area contributed by atoms with Crippen molar-refractivity contribution in [2.45, 2.75) is 50.0 Å². The number of hydrogen-bond acceptors (Lipinski definition) is 5. The lowest BCUT2D eigenvalue weighted by Gasteiger charge is -2.26. The van der Waals surface area contributed by atoms with Gasteiger partial charge in [-0.25, -0.2) is 13.1 Å². The highest BCUT2D eigenvalue weighted by atomic mass is 32.2. The van der Waals surface area contributed by atoms with Crippen molar-refractivity contribution in [3.05, 3.63) is 0 Å². The normalized spacial score (nSPS) is 26.5. The Morgan fingerprint density at radius 3 is 2.61 bits per heavy atom. The van der Waals surface area contributed by atoms with Gasteiger partial charge in [-0.2, -0.15) is 5.26 Å². The summed E-state index contributed by atoms with van der Waals surface area (Å²) in [5.74, 6) is 0.